The molecule has 1 aliphatic rings. The number of carbonyl (C=O) groups is 1. The first-order chi connectivity index (χ1) is 15.5. The SMILES string of the molecule is CN(C)S(=O)(=O)N1CCN(S(=O)(=O)c2ccc(-c3ccc(CC#N)cc3)s2)[C@@H](C(=O)NO)C1. The number of piperazine rings is 1. The van der Waals surface area contributed by atoms with Crippen molar-refractivity contribution in [2.45, 2.75) is 16.7 Å². The Bertz CT molecular complexity index is 1270. The Balaban J connectivity index is 1.90. The lowest BCUT2D eigenvalue weighted by Gasteiger charge is -2.38. The largest absolute Gasteiger partial charge is 0.289 e. The summed E-state index contributed by atoms with van der Waals surface area (Å²) in [5.41, 5.74) is 3.05. The number of carbonyl (C=O) groups excluding carboxylic acids is 1. The highest BCUT2D eigenvalue weighted by Crippen LogP contribution is 2.34. The summed E-state index contributed by atoms with van der Waals surface area (Å²) < 4.78 is 54.5. The van der Waals surface area contributed by atoms with Gasteiger partial charge in [-0.15, -0.1) is 11.3 Å². The van der Waals surface area contributed by atoms with Crippen LogP contribution in [-0.4, -0.2) is 80.6 Å². The Morgan fingerprint density at radius 1 is 1.18 bits per heavy atom. The number of sulfonamides is 1. The predicted molar refractivity (Wildman–Crippen MR) is 121 cm³/mol. The summed E-state index contributed by atoms with van der Waals surface area (Å²) in [5.74, 6) is -1.03. The van der Waals surface area contributed by atoms with E-state index in [2.05, 4.69) is 6.07 Å². The normalized spacial score (nSPS) is 18.2. The number of nitriles is 1. The van der Waals surface area contributed by atoms with E-state index in [1.807, 2.05) is 0 Å². The molecule has 2 aromatic rings. The zero-order valence-electron chi connectivity index (χ0n) is 17.9. The molecule has 2 heterocycles. The molecule has 0 aliphatic carbocycles. The summed E-state index contributed by atoms with van der Waals surface area (Å²) in [6.45, 7) is -0.845. The molecule has 0 bridgehead atoms. The van der Waals surface area contributed by atoms with Crippen molar-refractivity contribution in [1.29, 1.82) is 5.26 Å². The molecule has 14 heteroatoms. The standard InChI is InChI=1S/C19H23N5O6S3/c1-22(2)33(29,30)23-11-12-24(16(13-23)19(25)21-26)32(27,28)18-8-7-17(31-18)15-5-3-14(4-6-15)9-10-20/h3-8,16,26H,9,11-13H2,1-2H3,(H,21,25)/t16-/m1/s1. The van der Waals surface area contributed by atoms with E-state index in [1.165, 1.54) is 25.6 Å². The van der Waals surface area contributed by atoms with Gasteiger partial charge in [-0.2, -0.15) is 26.6 Å². The number of nitrogens with zero attached hydrogens (tertiary/aromatic N) is 4. The average molecular weight is 514 g/mol. The number of nitrogens with one attached hydrogen (secondary N) is 1. The first-order valence-electron chi connectivity index (χ1n) is 9.72. The van der Waals surface area contributed by atoms with Gasteiger partial charge >= 0.3 is 0 Å². The van der Waals surface area contributed by atoms with Crippen LogP contribution in [0.15, 0.2) is 40.6 Å². The number of rotatable bonds is 7. The maximum Gasteiger partial charge on any atom is 0.281 e. The average Bonchev–Trinajstić information content (AvgIpc) is 3.30. The highest BCUT2D eigenvalue weighted by atomic mass is 32.2. The molecule has 0 saturated carbocycles. The molecule has 33 heavy (non-hydrogen) atoms. The van der Waals surface area contributed by atoms with Gasteiger partial charge in [0.1, 0.15) is 10.3 Å². The smallest absolute Gasteiger partial charge is 0.281 e. The van der Waals surface area contributed by atoms with E-state index in [0.29, 0.717) is 4.88 Å². The fourth-order valence-electron chi connectivity index (χ4n) is 3.37. The van der Waals surface area contributed by atoms with Crippen molar-refractivity contribution in [2.75, 3.05) is 33.7 Å². The topological polar surface area (TPSA) is 151 Å². The zero-order valence-corrected chi connectivity index (χ0v) is 20.3. The van der Waals surface area contributed by atoms with Crippen molar-refractivity contribution in [1.82, 2.24) is 18.4 Å². The van der Waals surface area contributed by atoms with Gasteiger partial charge < -0.3 is 0 Å². The summed E-state index contributed by atoms with van der Waals surface area (Å²) in [4.78, 5) is 13.0. The highest BCUT2D eigenvalue weighted by Gasteiger charge is 2.44. The molecule has 0 radical (unpaired) electrons. The zero-order chi connectivity index (χ0) is 24.4. The molecule has 1 aromatic heterocycles. The van der Waals surface area contributed by atoms with Gasteiger partial charge in [0.25, 0.3) is 26.1 Å². The van der Waals surface area contributed by atoms with Crippen LogP contribution < -0.4 is 5.48 Å². The highest BCUT2D eigenvalue weighted by molar-refractivity contribution is 7.91. The third-order valence-corrected chi connectivity index (χ3v) is 10.6. The molecule has 1 saturated heterocycles. The van der Waals surface area contributed by atoms with E-state index < -0.39 is 38.7 Å². The summed E-state index contributed by atoms with van der Waals surface area (Å²) in [6, 6.07) is 10.9. The Morgan fingerprint density at radius 3 is 2.42 bits per heavy atom. The second kappa shape index (κ2) is 9.85. The van der Waals surface area contributed by atoms with Crippen molar-refractivity contribution in [3.8, 4) is 16.5 Å². The third-order valence-electron chi connectivity index (χ3n) is 5.16. The van der Waals surface area contributed by atoms with Crippen molar-refractivity contribution in [3.05, 3.63) is 42.0 Å². The lowest BCUT2D eigenvalue weighted by Crippen LogP contribution is -2.62. The van der Waals surface area contributed by atoms with Crippen LogP contribution in [0, 0.1) is 11.3 Å². The molecule has 2 N–H and O–H groups in total. The maximum atomic E-state index is 13.4. The van der Waals surface area contributed by atoms with Gasteiger partial charge in [0, 0.05) is 38.6 Å². The Kier molecular flexibility index (Phi) is 7.54. The third kappa shape index (κ3) is 5.09. The first-order valence-corrected chi connectivity index (χ1v) is 13.4. The van der Waals surface area contributed by atoms with Gasteiger partial charge in [0.2, 0.25) is 0 Å². The molecular weight excluding hydrogens is 490 g/mol. The van der Waals surface area contributed by atoms with E-state index in [9.17, 15) is 21.6 Å². The number of amides is 1. The molecule has 1 aliphatic heterocycles. The Morgan fingerprint density at radius 2 is 1.85 bits per heavy atom. The van der Waals surface area contributed by atoms with Gasteiger partial charge in [0.05, 0.1) is 12.5 Å². The first kappa shape index (κ1) is 25.2. The van der Waals surface area contributed by atoms with Crippen LogP contribution in [0.3, 0.4) is 0 Å². The van der Waals surface area contributed by atoms with Gasteiger partial charge in [-0.05, 0) is 23.3 Å². The number of benzene rings is 1. The van der Waals surface area contributed by atoms with Gasteiger partial charge in [0.15, 0.2) is 0 Å². The Hall–Kier alpha value is -2.38. The Labute approximate surface area is 196 Å². The quantitative estimate of drug-likeness (QED) is 0.403. The van der Waals surface area contributed by atoms with Gasteiger partial charge in [-0.25, -0.2) is 13.9 Å². The summed E-state index contributed by atoms with van der Waals surface area (Å²) >= 11 is 1.01. The van der Waals surface area contributed by atoms with E-state index in [4.69, 9.17) is 10.5 Å². The van der Waals surface area contributed by atoms with Crippen molar-refractivity contribution < 1.29 is 26.8 Å². The van der Waals surface area contributed by atoms with E-state index >= 15 is 0 Å². The minimum absolute atomic E-state index is 0.0155. The monoisotopic (exact) mass is 513 g/mol. The molecule has 1 fully saturated rings. The van der Waals surface area contributed by atoms with Crippen LogP contribution in [0.1, 0.15) is 5.56 Å². The van der Waals surface area contributed by atoms with Crippen LogP contribution in [0.4, 0.5) is 0 Å². The van der Waals surface area contributed by atoms with E-state index in [0.717, 1.165) is 35.4 Å². The van der Waals surface area contributed by atoms with Crippen LogP contribution in [0.2, 0.25) is 0 Å². The minimum atomic E-state index is -4.16. The number of hydroxylamine groups is 1. The molecule has 0 unspecified atom stereocenters. The second-order valence-corrected chi connectivity index (χ2v) is 12.7. The van der Waals surface area contributed by atoms with Crippen molar-refractivity contribution in [2.24, 2.45) is 0 Å². The van der Waals surface area contributed by atoms with Crippen molar-refractivity contribution in [3.63, 3.8) is 0 Å². The lowest BCUT2D eigenvalue weighted by molar-refractivity contribution is -0.134. The second-order valence-electron chi connectivity index (χ2n) is 7.41. The van der Waals surface area contributed by atoms with Crippen LogP contribution in [0.25, 0.3) is 10.4 Å². The van der Waals surface area contributed by atoms with Crippen LogP contribution in [0.5, 0.6) is 0 Å². The molecule has 178 valence electrons. The summed E-state index contributed by atoms with van der Waals surface area (Å²) in [7, 11) is -5.37. The number of hydrogen-bond donors (Lipinski definition) is 2. The molecule has 1 aromatic carbocycles. The molecular formula is C19H23N5O6S3. The minimum Gasteiger partial charge on any atom is -0.289 e. The molecule has 1 amide bonds. The maximum absolute atomic E-state index is 13.4. The number of hydrogen-bond acceptors (Lipinski definition) is 8. The molecule has 0 spiro atoms. The summed E-state index contributed by atoms with van der Waals surface area (Å²) in [5, 5.41) is 17.9. The molecule has 3 rings (SSSR count). The van der Waals surface area contributed by atoms with Crippen molar-refractivity contribution >= 4 is 37.5 Å². The fraction of sp³-hybridized carbons (Fsp3) is 0.368. The fourth-order valence-corrected chi connectivity index (χ4v) is 7.48. The predicted octanol–water partition coefficient (Wildman–Crippen LogP) is 0.468. The lowest BCUT2D eigenvalue weighted by atomic mass is 10.1. The van der Waals surface area contributed by atoms with Crippen LogP contribution in [-0.2, 0) is 31.4 Å². The van der Waals surface area contributed by atoms with Gasteiger partial charge in [-0.1, -0.05) is 24.3 Å². The van der Waals surface area contributed by atoms with E-state index in [1.54, 1.807) is 30.3 Å². The summed E-state index contributed by atoms with van der Waals surface area (Å²) in [6.07, 6.45) is 0.272. The molecule has 1 atom stereocenters. The molecule has 11 nitrogen and oxygen atoms in total. The van der Waals surface area contributed by atoms with Crippen LogP contribution >= 0.6 is 11.3 Å². The number of thiophene rings is 1. The van der Waals surface area contributed by atoms with Gasteiger partial charge in [-0.3, -0.25) is 10.0 Å². The van der Waals surface area contributed by atoms with E-state index in [-0.39, 0.29) is 23.7 Å².